The van der Waals surface area contributed by atoms with Crippen molar-refractivity contribution in [3.05, 3.63) is 0 Å². The molecule has 3 atom stereocenters. The summed E-state index contributed by atoms with van der Waals surface area (Å²) in [5.41, 5.74) is 5.37. The zero-order chi connectivity index (χ0) is 14.5. The van der Waals surface area contributed by atoms with Gasteiger partial charge in [0.2, 0.25) is 5.91 Å². The summed E-state index contributed by atoms with van der Waals surface area (Å²) < 4.78 is 38.0. The van der Waals surface area contributed by atoms with Gasteiger partial charge in [-0.15, -0.1) is 0 Å². The van der Waals surface area contributed by atoms with E-state index in [1.54, 1.807) is 6.92 Å². The molecule has 3 N–H and O–H groups in total. The molecule has 6 heteroatoms. The van der Waals surface area contributed by atoms with Gasteiger partial charge in [-0.25, -0.2) is 0 Å². The van der Waals surface area contributed by atoms with Crippen LogP contribution >= 0.6 is 0 Å². The molecular weight excluding hydrogens is 257 g/mol. The zero-order valence-corrected chi connectivity index (χ0v) is 11.3. The number of carbonyl (C=O) groups is 1. The van der Waals surface area contributed by atoms with Crippen LogP contribution in [0.3, 0.4) is 0 Å². The van der Waals surface area contributed by atoms with Gasteiger partial charge in [0.05, 0.1) is 5.92 Å². The van der Waals surface area contributed by atoms with Crippen molar-refractivity contribution in [2.45, 2.75) is 57.7 Å². The van der Waals surface area contributed by atoms with Crippen LogP contribution in [-0.2, 0) is 4.79 Å². The normalized spacial score (nSPS) is 25.9. The molecular formula is C13H23F3N2O. The van der Waals surface area contributed by atoms with Gasteiger partial charge in [-0.05, 0) is 38.6 Å². The predicted octanol–water partition coefficient (Wildman–Crippen LogP) is 2.60. The lowest BCUT2D eigenvalue weighted by Gasteiger charge is -2.31. The van der Waals surface area contributed by atoms with E-state index >= 15 is 0 Å². The van der Waals surface area contributed by atoms with Crippen LogP contribution in [-0.4, -0.2) is 24.7 Å². The third kappa shape index (κ3) is 5.38. The third-order valence-corrected chi connectivity index (χ3v) is 3.77. The summed E-state index contributed by atoms with van der Waals surface area (Å²) in [6.45, 7) is 2.31. The Labute approximate surface area is 112 Å². The van der Waals surface area contributed by atoms with Crippen molar-refractivity contribution in [3.63, 3.8) is 0 Å². The number of rotatable bonds is 5. The molecule has 3 nitrogen and oxygen atoms in total. The highest BCUT2D eigenvalue weighted by Gasteiger charge is 2.42. The molecule has 0 aromatic carbocycles. The first kappa shape index (κ1) is 16.3. The van der Waals surface area contributed by atoms with Crippen LogP contribution < -0.4 is 11.1 Å². The SMILES string of the molecule is CC(CCCN)C(=O)NC1CCCC(C(F)(F)F)C1. The number of hydrogen-bond acceptors (Lipinski definition) is 2. The summed E-state index contributed by atoms with van der Waals surface area (Å²) in [6, 6.07) is -0.340. The van der Waals surface area contributed by atoms with Gasteiger partial charge in [-0.3, -0.25) is 4.79 Å². The minimum Gasteiger partial charge on any atom is -0.353 e. The van der Waals surface area contributed by atoms with Gasteiger partial charge in [0.25, 0.3) is 0 Å². The molecule has 0 heterocycles. The molecule has 0 bridgehead atoms. The van der Waals surface area contributed by atoms with Gasteiger partial charge in [-0.2, -0.15) is 13.2 Å². The van der Waals surface area contributed by atoms with Crippen LogP contribution in [0.5, 0.6) is 0 Å². The van der Waals surface area contributed by atoms with Gasteiger partial charge >= 0.3 is 6.18 Å². The van der Waals surface area contributed by atoms with Crippen molar-refractivity contribution in [2.75, 3.05) is 6.54 Å². The molecule has 1 amide bonds. The average molecular weight is 280 g/mol. The fourth-order valence-corrected chi connectivity index (χ4v) is 2.52. The Morgan fingerprint density at radius 2 is 2.11 bits per heavy atom. The Bertz CT molecular complexity index is 294. The number of nitrogens with one attached hydrogen (secondary N) is 1. The number of hydrogen-bond donors (Lipinski definition) is 2. The van der Waals surface area contributed by atoms with Gasteiger partial charge in [0.1, 0.15) is 0 Å². The lowest BCUT2D eigenvalue weighted by molar-refractivity contribution is -0.184. The van der Waals surface area contributed by atoms with Crippen LogP contribution in [0.2, 0.25) is 0 Å². The number of nitrogens with two attached hydrogens (primary N) is 1. The summed E-state index contributed by atoms with van der Waals surface area (Å²) in [4.78, 5) is 11.8. The van der Waals surface area contributed by atoms with E-state index < -0.39 is 12.1 Å². The van der Waals surface area contributed by atoms with Crippen molar-refractivity contribution in [1.82, 2.24) is 5.32 Å². The third-order valence-electron chi connectivity index (χ3n) is 3.77. The highest BCUT2D eigenvalue weighted by atomic mass is 19.4. The quantitative estimate of drug-likeness (QED) is 0.813. The fourth-order valence-electron chi connectivity index (χ4n) is 2.52. The average Bonchev–Trinajstić information content (AvgIpc) is 2.35. The lowest BCUT2D eigenvalue weighted by atomic mass is 9.85. The highest BCUT2D eigenvalue weighted by Crippen LogP contribution is 2.37. The second kappa shape index (κ2) is 7.12. The Hall–Kier alpha value is -0.780. The van der Waals surface area contributed by atoms with Crippen molar-refractivity contribution < 1.29 is 18.0 Å². The van der Waals surface area contributed by atoms with E-state index in [1.165, 1.54) is 0 Å². The predicted molar refractivity (Wildman–Crippen MR) is 67.4 cm³/mol. The monoisotopic (exact) mass is 280 g/mol. The van der Waals surface area contributed by atoms with E-state index in [2.05, 4.69) is 5.32 Å². The van der Waals surface area contributed by atoms with E-state index in [4.69, 9.17) is 5.73 Å². The Morgan fingerprint density at radius 3 is 2.68 bits per heavy atom. The van der Waals surface area contributed by atoms with Gasteiger partial charge in [0, 0.05) is 12.0 Å². The molecule has 0 saturated heterocycles. The maximum atomic E-state index is 12.7. The molecule has 0 aliphatic heterocycles. The molecule has 1 aliphatic rings. The number of amides is 1. The van der Waals surface area contributed by atoms with Crippen molar-refractivity contribution in [3.8, 4) is 0 Å². The first-order valence-corrected chi connectivity index (χ1v) is 6.91. The molecule has 0 spiro atoms. The van der Waals surface area contributed by atoms with Gasteiger partial charge in [0.15, 0.2) is 0 Å². The first-order chi connectivity index (χ1) is 8.84. The van der Waals surface area contributed by atoms with E-state index in [-0.39, 0.29) is 30.7 Å². The summed E-state index contributed by atoms with van der Waals surface area (Å²) in [6.07, 6.45) is -1.36. The second-order valence-corrected chi connectivity index (χ2v) is 5.44. The lowest BCUT2D eigenvalue weighted by Crippen LogP contribution is -2.43. The number of alkyl halides is 3. The molecule has 1 aliphatic carbocycles. The standard InChI is InChI=1S/C13H23F3N2O/c1-9(4-3-7-17)12(19)18-11-6-2-5-10(8-11)13(14,15)16/h9-11H,2-8,17H2,1H3,(H,18,19). The Balaban J connectivity index is 2.42. The molecule has 1 fully saturated rings. The molecule has 0 aromatic heterocycles. The summed E-state index contributed by atoms with van der Waals surface area (Å²) in [5, 5.41) is 2.75. The second-order valence-electron chi connectivity index (χ2n) is 5.44. The van der Waals surface area contributed by atoms with Crippen LogP contribution in [0.25, 0.3) is 0 Å². The molecule has 0 radical (unpaired) electrons. The minimum atomic E-state index is -4.14. The molecule has 19 heavy (non-hydrogen) atoms. The van der Waals surface area contributed by atoms with E-state index in [0.717, 1.165) is 6.42 Å². The zero-order valence-electron chi connectivity index (χ0n) is 11.3. The number of carbonyl (C=O) groups excluding carboxylic acids is 1. The van der Waals surface area contributed by atoms with E-state index in [9.17, 15) is 18.0 Å². The maximum Gasteiger partial charge on any atom is 0.391 e. The largest absolute Gasteiger partial charge is 0.391 e. The molecule has 112 valence electrons. The topological polar surface area (TPSA) is 55.1 Å². The summed E-state index contributed by atoms with van der Waals surface area (Å²) in [5.74, 6) is -1.61. The maximum absolute atomic E-state index is 12.7. The molecule has 1 saturated carbocycles. The van der Waals surface area contributed by atoms with E-state index in [1.807, 2.05) is 0 Å². The van der Waals surface area contributed by atoms with Crippen molar-refractivity contribution in [2.24, 2.45) is 17.6 Å². The Kier molecular flexibility index (Phi) is 6.10. The van der Waals surface area contributed by atoms with Gasteiger partial charge in [-0.1, -0.05) is 13.3 Å². The van der Waals surface area contributed by atoms with Crippen LogP contribution in [0, 0.1) is 11.8 Å². The summed E-state index contributed by atoms with van der Waals surface area (Å²) in [7, 11) is 0. The van der Waals surface area contributed by atoms with Crippen LogP contribution in [0.15, 0.2) is 0 Å². The van der Waals surface area contributed by atoms with Crippen molar-refractivity contribution in [1.29, 1.82) is 0 Å². The smallest absolute Gasteiger partial charge is 0.353 e. The molecule has 3 unspecified atom stereocenters. The molecule has 0 aromatic rings. The van der Waals surface area contributed by atoms with Crippen molar-refractivity contribution >= 4 is 5.91 Å². The van der Waals surface area contributed by atoms with Crippen LogP contribution in [0.4, 0.5) is 13.2 Å². The first-order valence-electron chi connectivity index (χ1n) is 6.91. The Morgan fingerprint density at radius 1 is 1.42 bits per heavy atom. The fraction of sp³-hybridized carbons (Fsp3) is 0.923. The van der Waals surface area contributed by atoms with Crippen LogP contribution in [0.1, 0.15) is 45.4 Å². The van der Waals surface area contributed by atoms with Gasteiger partial charge < -0.3 is 11.1 Å². The van der Waals surface area contributed by atoms with E-state index in [0.29, 0.717) is 25.8 Å². The highest BCUT2D eigenvalue weighted by molar-refractivity contribution is 5.78. The molecule has 1 rings (SSSR count). The number of halogens is 3. The minimum absolute atomic E-state index is 0.0127. The summed E-state index contributed by atoms with van der Waals surface area (Å²) >= 11 is 0.